The minimum Gasteiger partial charge on any atom is -0.493 e. The van der Waals surface area contributed by atoms with Gasteiger partial charge >= 0.3 is 5.97 Å². The van der Waals surface area contributed by atoms with Crippen LogP contribution in [0.15, 0.2) is 12.1 Å². The lowest BCUT2D eigenvalue weighted by Crippen LogP contribution is -2.45. The first-order valence-corrected chi connectivity index (χ1v) is 8.04. The third kappa shape index (κ3) is 5.27. The van der Waals surface area contributed by atoms with Crippen LogP contribution in [0.4, 0.5) is 0 Å². The van der Waals surface area contributed by atoms with E-state index in [1.807, 2.05) is 19.9 Å². The van der Waals surface area contributed by atoms with Crippen LogP contribution in [0.3, 0.4) is 0 Å². The molecule has 0 aromatic heterocycles. The van der Waals surface area contributed by atoms with Gasteiger partial charge in [-0.3, -0.25) is 4.79 Å². The molecule has 0 bridgehead atoms. The Labute approximate surface area is 148 Å². The van der Waals surface area contributed by atoms with Crippen molar-refractivity contribution in [3.8, 4) is 17.2 Å². The minimum absolute atomic E-state index is 0.0629. The maximum Gasteiger partial charge on any atom is 0.328 e. The molecule has 1 rings (SSSR count). The molecule has 0 saturated carbocycles. The first-order chi connectivity index (χ1) is 11.9. The Morgan fingerprint density at radius 1 is 1.00 bits per heavy atom. The van der Waals surface area contributed by atoms with Crippen LogP contribution < -0.4 is 19.5 Å². The Balaban J connectivity index is 2.83. The molecule has 1 aromatic rings. The smallest absolute Gasteiger partial charge is 0.328 e. The molecule has 7 heteroatoms. The highest BCUT2D eigenvalue weighted by Gasteiger charge is 2.25. The average molecular weight is 353 g/mol. The normalized spacial score (nSPS) is 11.6. The Bertz CT molecular complexity index is 599. The van der Waals surface area contributed by atoms with Crippen molar-refractivity contribution in [2.45, 2.75) is 32.7 Å². The number of esters is 1. The van der Waals surface area contributed by atoms with E-state index in [0.29, 0.717) is 23.7 Å². The lowest BCUT2D eigenvalue weighted by atomic mass is 10.0. The summed E-state index contributed by atoms with van der Waals surface area (Å²) >= 11 is 0. The number of nitrogens with one attached hydrogen (secondary N) is 1. The van der Waals surface area contributed by atoms with E-state index in [2.05, 4.69) is 5.32 Å². The Morgan fingerprint density at radius 2 is 1.64 bits per heavy atom. The molecular weight excluding hydrogens is 326 g/mol. The molecule has 1 atom stereocenters. The zero-order chi connectivity index (χ0) is 19.0. The van der Waals surface area contributed by atoms with E-state index in [0.717, 1.165) is 5.56 Å². The SMILES string of the molecule is COC(=O)[C@H](NC(=O)CCc1ccc(OC)c(OC)c1OC)C(C)C. The number of carbonyl (C=O) groups excluding carboxylic acids is 2. The summed E-state index contributed by atoms with van der Waals surface area (Å²) in [7, 11) is 5.91. The van der Waals surface area contributed by atoms with Crippen molar-refractivity contribution in [3.63, 3.8) is 0 Å². The predicted octanol–water partition coefficient (Wildman–Crippen LogP) is 1.96. The fraction of sp³-hybridized carbons (Fsp3) is 0.556. The summed E-state index contributed by atoms with van der Waals surface area (Å²) < 4.78 is 20.7. The highest BCUT2D eigenvalue weighted by atomic mass is 16.5. The number of aryl methyl sites for hydroxylation is 1. The third-order valence-electron chi connectivity index (χ3n) is 3.85. The zero-order valence-electron chi connectivity index (χ0n) is 15.7. The number of hydrogen-bond donors (Lipinski definition) is 1. The number of methoxy groups -OCH3 is 4. The average Bonchev–Trinajstić information content (AvgIpc) is 2.62. The first-order valence-electron chi connectivity index (χ1n) is 8.04. The summed E-state index contributed by atoms with van der Waals surface area (Å²) in [5, 5.41) is 2.72. The number of benzene rings is 1. The van der Waals surface area contributed by atoms with Gasteiger partial charge in [0.05, 0.1) is 28.4 Å². The lowest BCUT2D eigenvalue weighted by molar-refractivity contribution is -0.146. The van der Waals surface area contributed by atoms with Crippen LogP contribution in [-0.4, -0.2) is 46.4 Å². The molecule has 0 fully saturated rings. The van der Waals surface area contributed by atoms with Gasteiger partial charge in [0.2, 0.25) is 11.7 Å². The molecule has 0 aliphatic carbocycles. The van der Waals surface area contributed by atoms with Gasteiger partial charge in [0.1, 0.15) is 6.04 Å². The third-order valence-corrected chi connectivity index (χ3v) is 3.85. The van der Waals surface area contributed by atoms with Gasteiger partial charge in [-0.05, 0) is 24.0 Å². The molecule has 1 aromatic carbocycles. The number of hydrogen-bond acceptors (Lipinski definition) is 6. The topological polar surface area (TPSA) is 83.1 Å². The van der Waals surface area contributed by atoms with Gasteiger partial charge < -0.3 is 24.3 Å². The fourth-order valence-corrected chi connectivity index (χ4v) is 2.48. The number of carbonyl (C=O) groups is 2. The number of ether oxygens (including phenoxy) is 4. The van der Waals surface area contributed by atoms with Crippen LogP contribution in [0.25, 0.3) is 0 Å². The number of rotatable bonds is 9. The summed E-state index contributed by atoms with van der Waals surface area (Å²) in [5.74, 6) is 0.818. The van der Waals surface area contributed by atoms with Crippen LogP contribution in [-0.2, 0) is 20.7 Å². The van der Waals surface area contributed by atoms with Crippen molar-refractivity contribution in [3.05, 3.63) is 17.7 Å². The zero-order valence-corrected chi connectivity index (χ0v) is 15.7. The highest BCUT2D eigenvalue weighted by Crippen LogP contribution is 2.40. The van der Waals surface area contributed by atoms with Crippen molar-refractivity contribution >= 4 is 11.9 Å². The molecule has 1 amide bonds. The van der Waals surface area contributed by atoms with Gasteiger partial charge in [-0.25, -0.2) is 4.79 Å². The van der Waals surface area contributed by atoms with Gasteiger partial charge in [0.15, 0.2) is 11.5 Å². The second-order valence-electron chi connectivity index (χ2n) is 5.81. The van der Waals surface area contributed by atoms with Crippen molar-refractivity contribution < 1.29 is 28.5 Å². The van der Waals surface area contributed by atoms with Crippen LogP contribution >= 0.6 is 0 Å². The molecule has 0 saturated heterocycles. The van der Waals surface area contributed by atoms with E-state index in [9.17, 15) is 9.59 Å². The van der Waals surface area contributed by atoms with E-state index in [1.54, 1.807) is 13.2 Å². The molecule has 0 radical (unpaired) electrons. The molecule has 0 aliphatic heterocycles. The van der Waals surface area contributed by atoms with Crippen LogP contribution in [0.2, 0.25) is 0 Å². The van der Waals surface area contributed by atoms with E-state index in [1.165, 1.54) is 21.3 Å². The van der Waals surface area contributed by atoms with Gasteiger partial charge in [0, 0.05) is 6.42 Å². The largest absolute Gasteiger partial charge is 0.493 e. The summed E-state index contributed by atoms with van der Waals surface area (Å²) in [6, 6.07) is 2.93. The minimum atomic E-state index is -0.662. The summed E-state index contributed by atoms with van der Waals surface area (Å²) in [6.45, 7) is 3.69. The van der Waals surface area contributed by atoms with Crippen LogP contribution in [0, 0.1) is 5.92 Å². The van der Waals surface area contributed by atoms with Crippen molar-refractivity contribution in [1.82, 2.24) is 5.32 Å². The second-order valence-corrected chi connectivity index (χ2v) is 5.81. The van der Waals surface area contributed by atoms with E-state index in [-0.39, 0.29) is 18.2 Å². The highest BCUT2D eigenvalue weighted by molar-refractivity contribution is 5.84. The molecule has 1 N–H and O–H groups in total. The van der Waals surface area contributed by atoms with Gasteiger partial charge in [-0.2, -0.15) is 0 Å². The van der Waals surface area contributed by atoms with Gasteiger partial charge in [-0.1, -0.05) is 19.9 Å². The Kier molecular flexibility index (Phi) is 8.04. The molecule has 0 unspecified atom stereocenters. The standard InChI is InChI=1S/C18H27NO6/c1-11(2)15(18(21)25-6)19-14(20)10-8-12-7-9-13(22-3)17(24-5)16(12)23-4/h7,9,11,15H,8,10H2,1-6H3,(H,19,20)/t15-/m1/s1. The van der Waals surface area contributed by atoms with Crippen molar-refractivity contribution in [1.29, 1.82) is 0 Å². The summed E-state index contributed by atoms with van der Waals surface area (Å²) in [4.78, 5) is 23.9. The van der Waals surface area contributed by atoms with Crippen molar-refractivity contribution in [2.24, 2.45) is 5.92 Å². The van der Waals surface area contributed by atoms with Crippen LogP contribution in [0.1, 0.15) is 25.8 Å². The molecule has 140 valence electrons. The van der Waals surface area contributed by atoms with E-state index >= 15 is 0 Å². The summed E-state index contributed by atoms with van der Waals surface area (Å²) in [5.41, 5.74) is 0.814. The predicted molar refractivity (Wildman–Crippen MR) is 93.2 cm³/mol. The fourth-order valence-electron chi connectivity index (χ4n) is 2.48. The molecule has 0 aliphatic rings. The molecule has 0 spiro atoms. The monoisotopic (exact) mass is 353 g/mol. The van der Waals surface area contributed by atoms with Gasteiger partial charge in [0.25, 0.3) is 0 Å². The first kappa shape index (κ1) is 20.6. The summed E-state index contributed by atoms with van der Waals surface area (Å²) in [6.07, 6.45) is 0.632. The maximum absolute atomic E-state index is 12.2. The quantitative estimate of drug-likeness (QED) is 0.683. The second kappa shape index (κ2) is 9.76. The Morgan fingerprint density at radius 3 is 2.12 bits per heavy atom. The van der Waals surface area contributed by atoms with E-state index in [4.69, 9.17) is 18.9 Å². The maximum atomic E-state index is 12.2. The van der Waals surface area contributed by atoms with Crippen LogP contribution in [0.5, 0.6) is 17.2 Å². The van der Waals surface area contributed by atoms with Crippen molar-refractivity contribution in [2.75, 3.05) is 28.4 Å². The number of amides is 1. The molecule has 25 heavy (non-hydrogen) atoms. The Hall–Kier alpha value is -2.44. The lowest BCUT2D eigenvalue weighted by Gasteiger charge is -2.20. The van der Waals surface area contributed by atoms with Gasteiger partial charge in [-0.15, -0.1) is 0 Å². The molecular formula is C18H27NO6. The van der Waals surface area contributed by atoms with E-state index < -0.39 is 12.0 Å². The molecule has 0 heterocycles. The molecule has 7 nitrogen and oxygen atoms in total.